The van der Waals surface area contributed by atoms with Gasteiger partial charge in [0.15, 0.2) is 5.13 Å². The quantitative estimate of drug-likeness (QED) is 0.880. The van der Waals surface area contributed by atoms with E-state index in [-0.39, 0.29) is 0 Å². The molecule has 5 heteroatoms. The molecule has 0 spiro atoms. The lowest BCUT2D eigenvalue weighted by molar-refractivity contribution is 0.500. The molecule has 1 aliphatic carbocycles. The molecule has 3 rings (SSSR count). The van der Waals surface area contributed by atoms with Crippen molar-refractivity contribution in [3.05, 3.63) is 35.2 Å². The Labute approximate surface area is 117 Å². The molecule has 0 bridgehead atoms. The van der Waals surface area contributed by atoms with Crippen LogP contribution in [0.25, 0.3) is 0 Å². The summed E-state index contributed by atoms with van der Waals surface area (Å²) in [5.74, 6) is 1.00. The van der Waals surface area contributed by atoms with Gasteiger partial charge < -0.3 is 14.6 Å². The van der Waals surface area contributed by atoms with Gasteiger partial charge in [0.05, 0.1) is 18.5 Å². The van der Waals surface area contributed by atoms with E-state index in [0.29, 0.717) is 12.1 Å². The lowest BCUT2D eigenvalue weighted by Crippen LogP contribution is -2.24. The highest BCUT2D eigenvalue weighted by Crippen LogP contribution is 2.35. The molecule has 0 saturated heterocycles. The van der Waals surface area contributed by atoms with Gasteiger partial charge in [0.25, 0.3) is 0 Å². The first-order valence-electron chi connectivity index (χ1n) is 6.69. The van der Waals surface area contributed by atoms with Gasteiger partial charge in [0.2, 0.25) is 0 Å². The zero-order valence-corrected chi connectivity index (χ0v) is 12.1. The first-order chi connectivity index (χ1) is 9.28. The van der Waals surface area contributed by atoms with Crippen molar-refractivity contribution >= 4 is 16.5 Å². The molecule has 102 valence electrons. The van der Waals surface area contributed by atoms with E-state index in [1.54, 1.807) is 17.6 Å². The Kier molecular flexibility index (Phi) is 3.57. The van der Waals surface area contributed by atoms with Crippen molar-refractivity contribution in [1.82, 2.24) is 10.3 Å². The molecular weight excluding hydrogens is 258 g/mol. The number of nitrogens with zero attached hydrogens (tertiary/aromatic N) is 2. The van der Waals surface area contributed by atoms with Crippen molar-refractivity contribution in [1.29, 1.82) is 0 Å². The van der Waals surface area contributed by atoms with Crippen LogP contribution in [0.4, 0.5) is 5.13 Å². The Morgan fingerprint density at radius 1 is 1.58 bits per heavy atom. The molecule has 0 aliphatic heterocycles. The Bertz CT molecular complexity index is 519. The SMILES string of the molecule is CNC(C)c1csc(N(Cc2ccco2)C2CC2)n1. The molecule has 1 aliphatic rings. The maximum Gasteiger partial charge on any atom is 0.186 e. The van der Waals surface area contributed by atoms with E-state index in [9.17, 15) is 0 Å². The summed E-state index contributed by atoms with van der Waals surface area (Å²) in [6.07, 6.45) is 4.26. The topological polar surface area (TPSA) is 41.3 Å². The molecule has 4 nitrogen and oxygen atoms in total. The maximum absolute atomic E-state index is 5.46. The average molecular weight is 277 g/mol. The number of thiazole rings is 1. The van der Waals surface area contributed by atoms with E-state index in [4.69, 9.17) is 9.40 Å². The van der Waals surface area contributed by atoms with Crippen molar-refractivity contribution in [2.24, 2.45) is 0 Å². The molecule has 1 N–H and O–H groups in total. The zero-order chi connectivity index (χ0) is 13.2. The Balaban J connectivity index is 1.78. The van der Waals surface area contributed by atoms with E-state index in [1.165, 1.54) is 12.8 Å². The molecular formula is C14H19N3OS. The first kappa shape index (κ1) is 12.7. The lowest BCUT2D eigenvalue weighted by atomic mass is 10.3. The second kappa shape index (κ2) is 5.35. The monoisotopic (exact) mass is 277 g/mol. The smallest absolute Gasteiger partial charge is 0.186 e. The van der Waals surface area contributed by atoms with Crippen molar-refractivity contribution in [3.63, 3.8) is 0 Å². The van der Waals surface area contributed by atoms with Gasteiger partial charge in [-0.15, -0.1) is 11.3 Å². The van der Waals surface area contributed by atoms with E-state index in [1.807, 2.05) is 19.2 Å². The highest BCUT2D eigenvalue weighted by molar-refractivity contribution is 7.13. The van der Waals surface area contributed by atoms with Crippen LogP contribution in [-0.4, -0.2) is 18.1 Å². The minimum atomic E-state index is 0.301. The van der Waals surface area contributed by atoms with Gasteiger partial charge >= 0.3 is 0 Å². The Morgan fingerprint density at radius 3 is 3.05 bits per heavy atom. The molecule has 0 amide bonds. The molecule has 2 aromatic rings. The first-order valence-corrected chi connectivity index (χ1v) is 7.57. The third-order valence-corrected chi connectivity index (χ3v) is 4.42. The predicted octanol–water partition coefficient (Wildman–Crippen LogP) is 3.19. The van der Waals surface area contributed by atoms with E-state index in [2.05, 4.69) is 22.5 Å². The number of aromatic nitrogens is 1. The van der Waals surface area contributed by atoms with Gasteiger partial charge in [0, 0.05) is 17.5 Å². The van der Waals surface area contributed by atoms with Crippen LogP contribution >= 0.6 is 11.3 Å². The molecule has 1 fully saturated rings. The summed E-state index contributed by atoms with van der Waals surface area (Å²) in [5.41, 5.74) is 1.12. The van der Waals surface area contributed by atoms with Gasteiger partial charge in [-0.3, -0.25) is 0 Å². The molecule has 2 aromatic heterocycles. The number of anilines is 1. The number of furan rings is 1. The number of rotatable bonds is 6. The molecule has 19 heavy (non-hydrogen) atoms. The van der Waals surface area contributed by atoms with E-state index < -0.39 is 0 Å². The zero-order valence-electron chi connectivity index (χ0n) is 11.3. The summed E-state index contributed by atoms with van der Waals surface area (Å²) < 4.78 is 5.46. The van der Waals surface area contributed by atoms with Crippen molar-refractivity contribution < 1.29 is 4.42 Å². The summed E-state index contributed by atoms with van der Waals surface area (Å²) in [7, 11) is 1.96. The van der Waals surface area contributed by atoms with Crippen LogP contribution in [0.15, 0.2) is 28.2 Å². The highest BCUT2D eigenvalue weighted by Gasteiger charge is 2.31. The summed E-state index contributed by atoms with van der Waals surface area (Å²) in [6.45, 7) is 2.95. The number of hydrogen-bond acceptors (Lipinski definition) is 5. The molecule has 1 atom stereocenters. The van der Waals surface area contributed by atoms with Crippen LogP contribution in [0.5, 0.6) is 0 Å². The second-order valence-electron chi connectivity index (χ2n) is 5.00. The maximum atomic E-state index is 5.46. The molecule has 2 heterocycles. The molecule has 0 aromatic carbocycles. The molecule has 1 saturated carbocycles. The summed E-state index contributed by atoms with van der Waals surface area (Å²) in [5, 5.41) is 6.49. The number of hydrogen-bond donors (Lipinski definition) is 1. The van der Waals surface area contributed by atoms with Crippen molar-refractivity contribution in [3.8, 4) is 0 Å². The average Bonchev–Trinajstić information content (AvgIpc) is 2.94. The number of nitrogens with one attached hydrogen (secondary N) is 1. The van der Waals surface area contributed by atoms with Crippen LogP contribution in [0.1, 0.15) is 37.3 Å². The van der Waals surface area contributed by atoms with Crippen LogP contribution in [0.2, 0.25) is 0 Å². The van der Waals surface area contributed by atoms with Crippen molar-refractivity contribution in [2.45, 2.75) is 38.4 Å². The van der Waals surface area contributed by atoms with Crippen LogP contribution in [0, 0.1) is 0 Å². The second-order valence-corrected chi connectivity index (χ2v) is 5.84. The highest BCUT2D eigenvalue weighted by atomic mass is 32.1. The van der Waals surface area contributed by atoms with Crippen LogP contribution < -0.4 is 10.2 Å². The summed E-state index contributed by atoms with van der Waals surface area (Å²) in [4.78, 5) is 7.13. The normalized spacial score (nSPS) is 16.5. The van der Waals surface area contributed by atoms with E-state index in [0.717, 1.165) is 23.1 Å². The minimum Gasteiger partial charge on any atom is -0.467 e. The fourth-order valence-corrected chi connectivity index (χ4v) is 3.05. The molecule has 1 unspecified atom stereocenters. The van der Waals surface area contributed by atoms with Crippen LogP contribution in [0.3, 0.4) is 0 Å². The van der Waals surface area contributed by atoms with Gasteiger partial charge in [-0.2, -0.15) is 0 Å². The fourth-order valence-electron chi connectivity index (χ4n) is 2.06. The van der Waals surface area contributed by atoms with Crippen molar-refractivity contribution in [2.75, 3.05) is 11.9 Å². The van der Waals surface area contributed by atoms with Gasteiger partial charge in [0.1, 0.15) is 5.76 Å². The fraction of sp³-hybridized carbons (Fsp3) is 0.500. The Morgan fingerprint density at radius 2 is 2.42 bits per heavy atom. The third kappa shape index (κ3) is 2.82. The van der Waals surface area contributed by atoms with Gasteiger partial charge in [-0.1, -0.05) is 0 Å². The largest absolute Gasteiger partial charge is 0.467 e. The molecule has 0 radical (unpaired) electrons. The standard InChI is InChI=1S/C14H19N3OS/c1-10(15-2)13-9-19-14(16-13)17(11-5-6-11)8-12-4-3-7-18-12/h3-4,7,9-11,15H,5-6,8H2,1-2H3. The van der Waals surface area contributed by atoms with Crippen LogP contribution in [-0.2, 0) is 6.54 Å². The van der Waals surface area contributed by atoms with Gasteiger partial charge in [-0.25, -0.2) is 4.98 Å². The summed E-state index contributed by atoms with van der Waals surface area (Å²) >= 11 is 1.72. The van der Waals surface area contributed by atoms with Gasteiger partial charge in [-0.05, 0) is 38.9 Å². The Hall–Kier alpha value is -1.33. The predicted molar refractivity (Wildman–Crippen MR) is 77.5 cm³/mol. The summed E-state index contributed by atoms with van der Waals surface area (Å²) in [6, 6.07) is 4.90. The third-order valence-electron chi connectivity index (χ3n) is 3.53. The minimum absolute atomic E-state index is 0.301. The van der Waals surface area contributed by atoms with E-state index >= 15 is 0 Å². The lowest BCUT2D eigenvalue weighted by Gasteiger charge is -2.20.